The molecule has 0 radical (unpaired) electrons. The van der Waals surface area contributed by atoms with Crippen LogP contribution in [0.4, 0.5) is 0 Å². The third-order valence-electron chi connectivity index (χ3n) is 3.16. The highest BCUT2D eigenvalue weighted by Crippen LogP contribution is 2.12. The topological polar surface area (TPSA) is 65.7 Å². The highest BCUT2D eigenvalue weighted by Gasteiger charge is 2.13. The van der Waals surface area contributed by atoms with Crippen LogP contribution in [-0.4, -0.2) is 19.2 Å². The molecular weight excluding hydrogens is 296 g/mol. The summed E-state index contributed by atoms with van der Waals surface area (Å²) >= 11 is 0. The Hall–Kier alpha value is -3.08. The van der Waals surface area contributed by atoms with Gasteiger partial charge in [-0.1, -0.05) is 30.3 Å². The van der Waals surface area contributed by atoms with E-state index in [0.717, 1.165) is 6.07 Å². The van der Waals surface area contributed by atoms with E-state index in [-0.39, 0.29) is 24.4 Å². The number of ether oxygens (including phenoxy) is 2. The fourth-order valence-electron chi connectivity index (χ4n) is 2.09. The maximum Gasteiger partial charge on any atom is 0.374 e. The molecule has 1 aromatic heterocycles. The minimum atomic E-state index is -0.690. The Bertz CT molecular complexity index is 867. The molecule has 0 atom stereocenters. The summed E-state index contributed by atoms with van der Waals surface area (Å²) in [6.07, 6.45) is 0. The SMILES string of the molecule is O=C(OCCOc1ccccc1)c1cc(=O)c2ccccc2o1. The van der Waals surface area contributed by atoms with E-state index in [0.29, 0.717) is 16.7 Å². The predicted molar refractivity (Wildman–Crippen MR) is 84.7 cm³/mol. The minimum absolute atomic E-state index is 0.0598. The zero-order chi connectivity index (χ0) is 16.1. The maximum atomic E-state index is 11.9. The number of rotatable bonds is 5. The van der Waals surface area contributed by atoms with Crippen molar-refractivity contribution in [2.24, 2.45) is 0 Å². The van der Waals surface area contributed by atoms with Gasteiger partial charge in [0.25, 0.3) is 0 Å². The van der Waals surface area contributed by atoms with Gasteiger partial charge in [0.1, 0.15) is 24.5 Å². The van der Waals surface area contributed by atoms with Gasteiger partial charge in [-0.05, 0) is 24.3 Å². The van der Waals surface area contributed by atoms with Crippen LogP contribution in [0.5, 0.6) is 5.75 Å². The van der Waals surface area contributed by atoms with Gasteiger partial charge in [-0.15, -0.1) is 0 Å². The Balaban J connectivity index is 1.61. The van der Waals surface area contributed by atoms with Crippen LogP contribution in [0.1, 0.15) is 10.6 Å². The summed E-state index contributed by atoms with van der Waals surface area (Å²) in [6, 6.07) is 17.1. The van der Waals surface area contributed by atoms with Gasteiger partial charge in [-0.2, -0.15) is 0 Å². The third kappa shape index (κ3) is 3.58. The number of carbonyl (C=O) groups is 1. The van der Waals surface area contributed by atoms with E-state index in [1.807, 2.05) is 30.3 Å². The molecule has 3 aromatic rings. The molecule has 5 nitrogen and oxygen atoms in total. The van der Waals surface area contributed by atoms with Gasteiger partial charge in [-0.3, -0.25) is 4.79 Å². The van der Waals surface area contributed by atoms with Crippen molar-refractivity contribution >= 4 is 16.9 Å². The summed E-state index contributed by atoms with van der Waals surface area (Å²) in [5.41, 5.74) is 0.0758. The van der Waals surface area contributed by atoms with Crippen LogP contribution in [0.25, 0.3) is 11.0 Å². The van der Waals surface area contributed by atoms with E-state index in [2.05, 4.69) is 0 Å². The molecule has 0 fully saturated rings. The van der Waals surface area contributed by atoms with E-state index < -0.39 is 5.97 Å². The van der Waals surface area contributed by atoms with E-state index in [1.54, 1.807) is 24.3 Å². The fraction of sp³-hybridized carbons (Fsp3) is 0.111. The van der Waals surface area contributed by atoms with E-state index in [1.165, 1.54) is 0 Å². The number of benzene rings is 2. The monoisotopic (exact) mass is 310 g/mol. The maximum absolute atomic E-state index is 11.9. The molecule has 0 spiro atoms. The van der Waals surface area contributed by atoms with Crippen LogP contribution in [0, 0.1) is 0 Å². The smallest absolute Gasteiger partial charge is 0.374 e. The third-order valence-corrected chi connectivity index (χ3v) is 3.16. The van der Waals surface area contributed by atoms with Crippen molar-refractivity contribution in [2.45, 2.75) is 0 Å². The number of hydrogen-bond acceptors (Lipinski definition) is 5. The van der Waals surface area contributed by atoms with Crippen LogP contribution in [-0.2, 0) is 4.74 Å². The number of para-hydroxylation sites is 2. The van der Waals surface area contributed by atoms with Crippen molar-refractivity contribution in [1.29, 1.82) is 0 Å². The zero-order valence-corrected chi connectivity index (χ0v) is 12.2. The summed E-state index contributed by atoms with van der Waals surface area (Å²) in [7, 11) is 0. The molecule has 0 saturated carbocycles. The van der Waals surface area contributed by atoms with Gasteiger partial charge < -0.3 is 13.9 Å². The second kappa shape index (κ2) is 6.79. The zero-order valence-electron chi connectivity index (χ0n) is 12.2. The molecule has 0 aliphatic rings. The summed E-state index contributed by atoms with van der Waals surface area (Å²) in [4.78, 5) is 23.9. The molecule has 23 heavy (non-hydrogen) atoms. The molecule has 0 amide bonds. The van der Waals surface area contributed by atoms with E-state index in [9.17, 15) is 9.59 Å². The first-order valence-electron chi connectivity index (χ1n) is 7.12. The second-order valence-corrected chi connectivity index (χ2v) is 4.77. The first-order valence-corrected chi connectivity index (χ1v) is 7.12. The average molecular weight is 310 g/mol. The number of carbonyl (C=O) groups excluding carboxylic acids is 1. The lowest BCUT2D eigenvalue weighted by Gasteiger charge is -2.07. The van der Waals surface area contributed by atoms with Crippen molar-refractivity contribution in [2.75, 3.05) is 13.2 Å². The number of hydrogen-bond donors (Lipinski definition) is 0. The van der Waals surface area contributed by atoms with Crippen molar-refractivity contribution < 1.29 is 18.7 Å². The van der Waals surface area contributed by atoms with Gasteiger partial charge in [0, 0.05) is 6.07 Å². The molecule has 0 saturated heterocycles. The Morgan fingerprint density at radius 2 is 1.70 bits per heavy atom. The molecule has 1 heterocycles. The highest BCUT2D eigenvalue weighted by atomic mass is 16.6. The Kier molecular flexibility index (Phi) is 4.38. The van der Waals surface area contributed by atoms with Crippen LogP contribution < -0.4 is 10.2 Å². The Morgan fingerprint density at radius 1 is 0.957 bits per heavy atom. The van der Waals surface area contributed by atoms with Gasteiger partial charge >= 0.3 is 5.97 Å². The van der Waals surface area contributed by atoms with Gasteiger partial charge in [0.15, 0.2) is 5.43 Å². The second-order valence-electron chi connectivity index (χ2n) is 4.77. The van der Waals surface area contributed by atoms with E-state index >= 15 is 0 Å². The van der Waals surface area contributed by atoms with Crippen LogP contribution >= 0.6 is 0 Å². The molecule has 5 heteroatoms. The van der Waals surface area contributed by atoms with Crippen molar-refractivity contribution in [3.63, 3.8) is 0 Å². The highest BCUT2D eigenvalue weighted by molar-refractivity contribution is 5.88. The first kappa shape index (κ1) is 14.8. The van der Waals surface area contributed by atoms with Crippen molar-refractivity contribution in [3.8, 4) is 5.75 Å². The Morgan fingerprint density at radius 3 is 2.52 bits per heavy atom. The lowest BCUT2D eigenvalue weighted by atomic mass is 10.2. The molecule has 0 aliphatic carbocycles. The van der Waals surface area contributed by atoms with Crippen molar-refractivity contribution in [1.82, 2.24) is 0 Å². The Labute approximate surface area is 132 Å². The van der Waals surface area contributed by atoms with Gasteiger partial charge in [-0.25, -0.2) is 4.79 Å². The average Bonchev–Trinajstić information content (AvgIpc) is 2.59. The fourth-order valence-corrected chi connectivity index (χ4v) is 2.09. The van der Waals surface area contributed by atoms with Gasteiger partial charge in [0.05, 0.1) is 5.39 Å². The molecule has 0 N–H and O–H groups in total. The molecule has 0 bridgehead atoms. The molecular formula is C18H14O5. The molecule has 116 valence electrons. The van der Waals surface area contributed by atoms with Crippen molar-refractivity contribution in [3.05, 3.63) is 76.6 Å². The summed E-state index contributed by atoms with van der Waals surface area (Å²) in [5, 5.41) is 0.427. The van der Waals surface area contributed by atoms with Crippen LogP contribution in [0.2, 0.25) is 0 Å². The predicted octanol–water partition coefficient (Wildman–Crippen LogP) is 3.03. The van der Waals surface area contributed by atoms with Crippen LogP contribution in [0.15, 0.2) is 69.9 Å². The molecule has 3 rings (SSSR count). The summed E-state index contributed by atoms with van der Waals surface area (Å²) < 4.78 is 15.9. The quantitative estimate of drug-likeness (QED) is 0.535. The van der Waals surface area contributed by atoms with Crippen LogP contribution in [0.3, 0.4) is 0 Å². The molecule has 0 unspecified atom stereocenters. The normalized spacial score (nSPS) is 10.4. The summed E-state index contributed by atoms with van der Waals surface area (Å²) in [5.74, 6) is -0.112. The minimum Gasteiger partial charge on any atom is -0.490 e. The lowest BCUT2D eigenvalue weighted by molar-refractivity contribution is 0.0415. The number of fused-ring (bicyclic) bond motifs is 1. The summed E-state index contributed by atoms with van der Waals surface area (Å²) in [6.45, 7) is 0.276. The molecule has 0 aliphatic heterocycles. The number of esters is 1. The largest absolute Gasteiger partial charge is 0.490 e. The van der Waals surface area contributed by atoms with Gasteiger partial charge in [0.2, 0.25) is 5.76 Å². The lowest BCUT2D eigenvalue weighted by Crippen LogP contribution is -2.14. The van der Waals surface area contributed by atoms with E-state index in [4.69, 9.17) is 13.9 Å². The standard InChI is InChI=1S/C18H14O5/c19-15-12-17(23-16-9-5-4-8-14(15)16)18(20)22-11-10-21-13-6-2-1-3-7-13/h1-9,12H,10-11H2. The molecule has 2 aromatic carbocycles. The first-order chi connectivity index (χ1) is 11.2.